The van der Waals surface area contributed by atoms with Gasteiger partial charge in [-0.3, -0.25) is 28.8 Å². The lowest BCUT2D eigenvalue weighted by molar-refractivity contribution is -0.142. The maximum absolute atomic E-state index is 14.0. The van der Waals surface area contributed by atoms with Crippen molar-refractivity contribution in [2.24, 2.45) is 11.5 Å². The van der Waals surface area contributed by atoms with Crippen LogP contribution in [0.2, 0.25) is 0 Å². The van der Waals surface area contributed by atoms with Gasteiger partial charge >= 0.3 is 11.9 Å². The first-order chi connectivity index (χ1) is 24.7. The molecule has 276 valence electrons. The summed E-state index contributed by atoms with van der Waals surface area (Å²) in [5, 5.41) is 38.9. The number of primary amides is 1. The molecule has 3 aromatic rings. The Morgan fingerprint density at radius 1 is 0.558 bits per heavy atom. The molecule has 0 fully saturated rings. The molecular weight excluding hydrogens is 676 g/mol. The van der Waals surface area contributed by atoms with E-state index in [1.165, 1.54) is 24.3 Å². The fourth-order valence-electron chi connectivity index (χ4n) is 5.13. The average Bonchev–Trinajstić information content (AvgIpc) is 3.10. The lowest BCUT2D eigenvalue weighted by atomic mass is 10.0. The molecule has 0 aliphatic rings. The van der Waals surface area contributed by atoms with Crippen molar-refractivity contribution in [3.05, 3.63) is 102 Å². The monoisotopic (exact) mass is 718 g/mol. The van der Waals surface area contributed by atoms with Crippen LogP contribution in [0.1, 0.15) is 36.0 Å². The minimum absolute atomic E-state index is 0.0478. The summed E-state index contributed by atoms with van der Waals surface area (Å²) in [6.07, 6.45) is -1.81. The first-order valence-electron chi connectivity index (χ1n) is 16.3. The third-order valence-corrected chi connectivity index (χ3v) is 7.86. The molecule has 11 N–H and O–H groups in total. The Hall–Kier alpha value is -6.29. The van der Waals surface area contributed by atoms with Crippen molar-refractivity contribution >= 4 is 41.5 Å². The van der Waals surface area contributed by atoms with Gasteiger partial charge < -0.3 is 48.1 Å². The second-order valence-corrected chi connectivity index (χ2v) is 12.0. The maximum Gasteiger partial charge on any atom is 0.326 e. The summed E-state index contributed by atoms with van der Waals surface area (Å²) in [6, 6.07) is 15.8. The minimum Gasteiger partial charge on any atom is -0.508 e. The predicted octanol–water partition coefficient (Wildman–Crippen LogP) is -0.489. The number of amides is 5. The standard InChI is InChI=1S/C36H42N6O10/c37-25(20-30(38)44)32(47)39-26(15-16-31(45)46)33(48)40-27(17-21-7-3-1-4-8-21)34(49)41-28(18-23-11-13-24(43)14-12-23)35(50)42-29(36(51)52)19-22-9-5-2-6-10-22/h1-14,25-29,43H,15-20,37H2,(H2,38,44)(H,39,47)(H,40,48)(H,41,49)(H,42,50)(H,45,46)(H,51,52)/t25-,26-,27-,28-,29-/m0/s1. The maximum atomic E-state index is 14.0. The van der Waals surface area contributed by atoms with E-state index in [1.54, 1.807) is 60.7 Å². The van der Waals surface area contributed by atoms with Gasteiger partial charge in [-0.15, -0.1) is 0 Å². The van der Waals surface area contributed by atoms with E-state index in [-0.39, 0.29) is 25.0 Å². The van der Waals surface area contributed by atoms with Gasteiger partial charge in [0, 0.05) is 25.7 Å². The van der Waals surface area contributed by atoms with Gasteiger partial charge in [0.15, 0.2) is 0 Å². The molecule has 0 saturated heterocycles. The summed E-state index contributed by atoms with van der Waals surface area (Å²) in [4.78, 5) is 88.7. The molecule has 0 aromatic heterocycles. The van der Waals surface area contributed by atoms with Crippen LogP contribution in [0.25, 0.3) is 0 Å². The number of nitrogens with one attached hydrogen (secondary N) is 4. The van der Waals surface area contributed by atoms with Gasteiger partial charge in [-0.1, -0.05) is 72.8 Å². The number of carbonyl (C=O) groups excluding carboxylic acids is 5. The van der Waals surface area contributed by atoms with Gasteiger partial charge in [-0.2, -0.15) is 0 Å². The Balaban J connectivity index is 1.91. The van der Waals surface area contributed by atoms with Gasteiger partial charge in [-0.25, -0.2) is 4.79 Å². The van der Waals surface area contributed by atoms with Gasteiger partial charge in [0.25, 0.3) is 0 Å². The normalized spacial score (nSPS) is 13.6. The lowest BCUT2D eigenvalue weighted by Crippen LogP contribution is -2.59. The lowest BCUT2D eigenvalue weighted by Gasteiger charge is -2.26. The molecule has 3 aromatic carbocycles. The van der Waals surface area contributed by atoms with Gasteiger partial charge in [0.1, 0.15) is 29.9 Å². The van der Waals surface area contributed by atoms with Crippen molar-refractivity contribution in [3.63, 3.8) is 0 Å². The van der Waals surface area contributed by atoms with Crippen molar-refractivity contribution in [1.82, 2.24) is 21.3 Å². The summed E-state index contributed by atoms with van der Waals surface area (Å²) < 4.78 is 0. The smallest absolute Gasteiger partial charge is 0.326 e. The Morgan fingerprint density at radius 2 is 0.962 bits per heavy atom. The Kier molecular flexibility index (Phi) is 15.3. The molecule has 52 heavy (non-hydrogen) atoms. The van der Waals surface area contributed by atoms with Gasteiger partial charge in [0.05, 0.1) is 12.5 Å². The fourth-order valence-corrected chi connectivity index (χ4v) is 5.13. The highest BCUT2D eigenvalue weighted by Crippen LogP contribution is 2.13. The van der Waals surface area contributed by atoms with E-state index >= 15 is 0 Å². The molecule has 0 aliphatic carbocycles. The van der Waals surface area contributed by atoms with Crippen LogP contribution in [0.5, 0.6) is 5.75 Å². The molecule has 0 heterocycles. The van der Waals surface area contributed by atoms with Crippen molar-refractivity contribution < 1.29 is 48.9 Å². The van der Waals surface area contributed by atoms with Crippen molar-refractivity contribution in [3.8, 4) is 5.75 Å². The highest BCUT2D eigenvalue weighted by atomic mass is 16.4. The number of phenols is 1. The van der Waals surface area contributed by atoms with Crippen LogP contribution in [0, 0.1) is 0 Å². The van der Waals surface area contributed by atoms with Crippen LogP contribution in [0.15, 0.2) is 84.9 Å². The largest absolute Gasteiger partial charge is 0.508 e. The first-order valence-corrected chi connectivity index (χ1v) is 16.3. The number of carboxylic acids is 2. The number of aliphatic carboxylic acids is 2. The highest BCUT2D eigenvalue weighted by molar-refractivity contribution is 5.96. The second kappa shape index (κ2) is 19.8. The number of nitrogens with two attached hydrogens (primary N) is 2. The predicted molar refractivity (Wildman–Crippen MR) is 186 cm³/mol. The molecule has 5 amide bonds. The van der Waals surface area contributed by atoms with Gasteiger partial charge in [0.2, 0.25) is 29.5 Å². The van der Waals surface area contributed by atoms with Crippen LogP contribution in [-0.2, 0) is 52.8 Å². The molecule has 0 unspecified atom stereocenters. The molecular formula is C36H42N6O10. The van der Waals surface area contributed by atoms with Crippen LogP contribution in [-0.4, -0.2) is 87.0 Å². The number of carboxylic acid groups (broad SMARTS) is 2. The first kappa shape index (κ1) is 40.1. The highest BCUT2D eigenvalue weighted by Gasteiger charge is 2.32. The third kappa shape index (κ3) is 13.5. The molecule has 0 aliphatic heterocycles. The number of benzene rings is 3. The van der Waals surface area contributed by atoms with E-state index in [0.29, 0.717) is 16.7 Å². The van der Waals surface area contributed by atoms with E-state index in [4.69, 9.17) is 11.5 Å². The van der Waals surface area contributed by atoms with E-state index in [9.17, 15) is 48.9 Å². The van der Waals surface area contributed by atoms with Crippen LogP contribution in [0.4, 0.5) is 0 Å². The SMILES string of the molecule is NC(=O)C[C@H](N)C(=O)N[C@@H](CCC(=O)O)C(=O)N[C@@H](Cc1ccccc1)C(=O)N[C@@H](Cc1ccc(O)cc1)C(=O)N[C@@H](Cc1ccccc1)C(=O)O. The molecule has 0 radical (unpaired) electrons. The molecule has 0 spiro atoms. The Morgan fingerprint density at radius 3 is 1.40 bits per heavy atom. The molecule has 0 saturated carbocycles. The van der Waals surface area contributed by atoms with E-state index in [0.717, 1.165) is 0 Å². The summed E-state index contributed by atoms with van der Waals surface area (Å²) in [5.41, 5.74) is 12.6. The van der Waals surface area contributed by atoms with Crippen LogP contribution < -0.4 is 32.7 Å². The Labute approximate surface area is 299 Å². The number of hydrogen-bond acceptors (Lipinski definition) is 9. The van der Waals surface area contributed by atoms with Crippen molar-refractivity contribution in [1.29, 1.82) is 0 Å². The van der Waals surface area contributed by atoms with Crippen molar-refractivity contribution in [2.45, 2.75) is 68.7 Å². The minimum atomic E-state index is -1.50. The van der Waals surface area contributed by atoms with Crippen LogP contribution in [0.3, 0.4) is 0 Å². The van der Waals surface area contributed by atoms with E-state index < -0.39 is 90.9 Å². The van der Waals surface area contributed by atoms with Gasteiger partial charge in [-0.05, 0) is 35.2 Å². The summed E-state index contributed by atoms with van der Waals surface area (Å²) in [6.45, 7) is 0. The number of carbonyl (C=O) groups is 7. The van der Waals surface area contributed by atoms with Crippen LogP contribution >= 0.6 is 0 Å². The quantitative estimate of drug-likeness (QED) is 0.0719. The topological polar surface area (TPSA) is 280 Å². The molecule has 16 nitrogen and oxygen atoms in total. The number of rotatable bonds is 20. The average molecular weight is 719 g/mol. The fraction of sp³-hybridized carbons (Fsp3) is 0.306. The second-order valence-electron chi connectivity index (χ2n) is 12.0. The van der Waals surface area contributed by atoms with E-state index in [2.05, 4.69) is 21.3 Å². The Bertz CT molecular complexity index is 1710. The summed E-state index contributed by atoms with van der Waals surface area (Å²) >= 11 is 0. The molecule has 5 atom stereocenters. The summed E-state index contributed by atoms with van der Waals surface area (Å²) in [7, 11) is 0. The number of hydrogen-bond donors (Lipinski definition) is 9. The molecule has 3 rings (SSSR count). The number of aromatic hydroxyl groups is 1. The zero-order chi connectivity index (χ0) is 38.2. The third-order valence-electron chi connectivity index (χ3n) is 7.86. The summed E-state index contributed by atoms with van der Waals surface area (Å²) in [5.74, 6) is -7.13. The zero-order valence-corrected chi connectivity index (χ0v) is 28.1. The molecule has 0 bridgehead atoms. The number of phenolic OH excluding ortho intramolecular Hbond substituents is 1. The molecule has 16 heteroatoms. The van der Waals surface area contributed by atoms with Crippen molar-refractivity contribution in [2.75, 3.05) is 0 Å². The zero-order valence-electron chi connectivity index (χ0n) is 28.1. The van der Waals surface area contributed by atoms with E-state index in [1.807, 2.05) is 0 Å².